The lowest BCUT2D eigenvalue weighted by atomic mass is 9.88. The second-order valence-corrected chi connectivity index (χ2v) is 9.09. The lowest BCUT2D eigenvalue weighted by Crippen LogP contribution is -2.36. The molecule has 3 aromatic rings. The minimum atomic E-state index is 0.254. The van der Waals surface area contributed by atoms with Crippen LogP contribution in [-0.4, -0.2) is 28.9 Å². The zero-order valence-electron chi connectivity index (χ0n) is 18.2. The summed E-state index contributed by atoms with van der Waals surface area (Å²) in [6.07, 6.45) is 6.99. The average Bonchev–Trinajstić information content (AvgIpc) is 3.00. The summed E-state index contributed by atoms with van der Waals surface area (Å²) in [6, 6.07) is 20.7. The largest absolute Gasteiger partial charge is 0.342 e. The zero-order chi connectivity index (χ0) is 21.9. The summed E-state index contributed by atoms with van der Waals surface area (Å²) in [4.78, 5) is 19.7. The fraction of sp³-hybridized carbons (Fsp3) is 0.286. The first-order valence-corrected chi connectivity index (χ1v) is 11.8. The summed E-state index contributed by atoms with van der Waals surface area (Å²) in [5.41, 5.74) is 8.84. The molecule has 162 valence electrons. The third-order valence-electron chi connectivity index (χ3n) is 6.67. The van der Waals surface area contributed by atoms with Crippen molar-refractivity contribution in [3.63, 3.8) is 0 Å². The van der Waals surface area contributed by atoms with E-state index in [0.717, 1.165) is 55.9 Å². The molecule has 2 heterocycles. The second-order valence-electron chi connectivity index (χ2n) is 8.66. The molecular weight excluding hydrogens is 416 g/mol. The molecule has 0 bridgehead atoms. The van der Waals surface area contributed by atoms with Crippen LogP contribution >= 0.6 is 11.6 Å². The molecule has 2 aromatic carbocycles. The van der Waals surface area contributed by atoms with Crippen molar-refractivity contribution in [1.82, 2.24) is 9.88 Å². The van der Waals surface area contributed by atoms with Gasteiger partial charge < -0.3 is 4.90 Å². The van der Waals surface area contributed by atoms with Crippen LogP contribution in [0.5, 0.6) is 0 Å². The molecule has 5 rings (SSSR count). The molecule has 0 N–H and O–H groups in total. The van der Waals surface area contributed by atoms with Gasteiger partial charge in [-0.05, 0) is 72.6 Å². The summed E-state index contributed by atoms with van der Waals surface area (Å²) in [6.45, 7) is 1.55. The number of fused-ring (bicyclic) bond motifs is 2. The first-order valence-electron chi connectivity index (χ1n) is 11.5. The number of nitrogens with zero attached hydrogens (tertiary/aromatic N) is 2. The number of benzene rings is 2. The van der Waals surface area contributed by atoms with E-state index in [-0.39, 0.29) is 5.91 Å². The minimum Gasteiger partial charge on any atom is -0.342 e. The number of halogens is 1. The minimum absolute atomic E-state index is 0.254. The molecule has 0 radical (unpaired) electrons. The predicted octanol–water partition coefficient (Wildman–Crippen LogP) is 5.89. The molecule has 1 aliphatic heterocycles. The number of rotatable bonds is 3. The van der Waals surface area contributed by atoms with Crippen LogP contribution in [0.3, 0.4) is 0 Å². The van der Waals surface area contributed by atoms with Gasteiger partial charge in [0.05, 0.1) is 5.69 Å². The molecule has 4 heteroatoms. The van der Waals surface area contributed by atoms with Crippen molar-refractivity contribution in [3.8, 4) is 0 Å². The van der Waals surface area contributed by atoms with Crippen LogP contribution in [0.1, 0.15) is 47.2 Å². The second kappa shape index (κ2) is 9.30. The molecule has 0 saturated carbocycles. The van der Waals surface area contributed by atoms with Gasteiger partial charge in [0.1, 0.15) is 0 Å². The Hall–Kier alpha value is -2.91. The highest BCUT2D eigenvalue weighted by Crippen LogP contribution is 2.38. The van der Waals surface area contributed by atoms with Gasteiger partial charge in [-0.15, -0.1) is 0 Å². The number of likely N-dealkylation sites (tertiary alicyclic amines) is 1. The summed E-state index contributed by atoms with van der Waals surface area (Å²) < 4.78 is 0. The third kappa shape index (κ3) is 4.35. The molecule has 32 heavy (non-hydrogen) atoms. The van der Waals surface area contributed by atoms with E-state index in [1.807, 2.05) is 41.4 Å². The molecule has 0 unspecified atom stereocenters. The maximum absolute atomic E-state index is 12.8. The Balaban J connectivity index is 1.38. The van der Waals surface area contributed by atoms with Gasteiger partial charge in [0.15, 0.2) is 0 Å². The molecule has 3 nitrogen and oxygen atoms in total. The summed E-state index contributed by atoms with van der Waals surface area (Å²) in [5.74, 6) is 0.254. The lowest BCUT2D eigenvalue weighted by molar-refractivity contribution is -0.131. The molecule has 1 aliphatic carbocycles. The van der Waals surface area contributed by atoms with E-state index < -0.39 is 0 Å². The van der Waals surface area contributed by atoms with Crippen molar-refractivity contribution in [1.29, 1.82) is 0 Å². The number of amides is 1. The van der Waals surface area contributed by atoms with Gasteiger partial charge in [-0.2, -0.15) is 0 Å². The lowest BCUT2D eigenvalue weighted by Gasteiger charge is -2.30. The maximum atomic E-state index is 12.8. The topological polar surface area (TPSA) is 33.2 Å². The molecule has 0 spiro atoms. The zero-order valence-corrected chi connectivity index (χ0v) is 18.9. The number of hydrogen-bond donors (Lipinski definition) is 0. The Morgan fingerprint density at radius 1 is 0.906 bits per heavy atom. The van der Waals surface area contributed by atoms with Crippen molar-refractivity contribution >= 4 is 23.1 Å². The van der Waals surface area contributed by atoms with E-state index in [0.29, 0.717) is 6.42 Å². The van der Waals surface area contributed by atoms with Crippen molar-refractivity contribution < 1.29 is 4.79 Å². The van der Waals surface area contributed by atoms with E-state index in [4.69, 9.17) is 16.6 Å². The van der Waals surface area contributed by atoms with Crippen LogP contribution < -0.4 is 0 Å². The fourth-order valence-electron chi connectivity index (χ4n) is 4.96. The standard InChI is InChI=1S/C28H27ClN2O/c29-24-11-12-25-23(19-24)10-9-22-7-4-16-30-28(22)27(25)21-14-17-31(18-15-21)26(32)13-8-20-5-2-1-3-6-20/h1-7,11-12,16,19H,8-10,13-15,17-18H2. The molecular formula is C28H27ClN2O. The van der Waals surface area contributed by atoms with Gasteiger partial charge in [-0.1, -0.05) is 59.6 Å². The van der Waals surface area contributed by atoms with Gasteiger partial charge >= 0.3 is 0 Å². The quantitative estimate of drug-likeness (QED) is 0.506. The number of aryl methyl sites for hydroxylation is 3. The normalized spacial score (nSPS) is 15.7. The van der Waals surface area contributed by atoms with Crippen molar-refractivity contribution in [2.24, 2.45) is 0 Å². The van der Waals surface area contributed by atoms with Crippen molar-refractivity contribution in [2.45, 2.75) is 38.5 Å². The van der Waals surface area contributed by atoms with Gasteiger partial charge in [0, 0.05) is 36.3 Å². The van der Waals surface area contributed by atoms with E-state index >= 15 is 0 Å². The van der Waals surface area contributed by atoms with Crippen LogP contribution in [0.15, 0.2) is 72.4 Å². The Bertz CT molecular complexity index is 1160. The first kappa shape index (κ1) is 21.0. The number of aromatic nitrogens is 1. The predicted molar refractivity (Wildman–Crippen MR) is 130 cm³/mol. The smallest absolute Gasteiger partial charge is 0.222 e. The van der Waals surface area contributed by atoms with Crippen molar-refractivity contribution in [3.05, 3.63) is 105 Å². The maximum Gasteiger partial charge on any atom is 0.222 e. The molecule has 1 fully saturated rings. The number of hydrogen-bond acceptors (Lipinski definition) is 2. The Morgan fingerprint density at radius 2 is 1.69 bits per heavy atom. The molecule has 2 aliphatic rings. The van der Waals surface area contributed by atoms with Gasteiger partial charge in [0.2, 0.25) is 5.91 Å². The number of piperidine rings is 1. The van der Waals surface area contributed by atoms with Crippen LogP contribution in [0.4, 0.5) is 0 Å². The highest BCUT2D eigenvalue weighted by atomic mass is 35.5. The van der Waals surface area contributed by atoms with Gasteiger partial charge in [0.25, 0.3) is 0 Å². The molecule has 1 aromatic heterocycles. The average molecular weight is 443 g/mol. The monoisotopic (exact) mass is 442 g/mol. The van der Waals surface area contributed by atoms with Crippen molar-refractivity contribution in [2.75, 3.05) is 13.1 Å². The highest BCUT2D eigenvalue weighted by Gasteiger charge is 2.26. The summed E-state index contributed by atoms with van der Waals surface area (Å²) in [5, 5.41) is 0.783. The number of pyridine rings is 1. The molecule has 1 saturated heterocycles. The number of carbonyl (C=O) groups excluding carboxylic acids is 1. The number of carbonyl (C=O) groups is 1. The van der Waals surface area contributed by atoms with Gasteiger partial charge in [-0.3, -0.25) is 9.78 Å². The van der Waals surface area contributed by atoms with Crippen LogP contribution in [0.2, 0.25) is 5.02 Å². The Kier molecular flexibility index (Phi) is 6.09. The Labute approximate surface area is 194 Å². The molecule has 0 atom stereocenters. The van der Waals surface area contributed by atoms with E-state index in [9.17, 15) is 4.79 Å². The van der Waals surface area contributed by atoms with Gasteiger partial charge in [-0.25, -0.2) is 0 Å². The first-order chi connectivity index (χ1) is 15.7. The van der Waals surface area contributed by atoms with Crippen LogP contribution in [-0.2, 0) is 24.1 Å². The van der Waals surface area contributed by atoms with E-state index in [1.165, 1.54) is 33.4 Å². The van der Waals surface area contributed by atoms with Crippen LogP contribution in [0, 0.1) is 0 Å². The SMILES string of the molecule is O=C(CCc1ccccc1)N1CCC(=C2c3ccc(Cl)cc3CCc3cccnc32)CC1. The fourth-order valence-corrected chi connectivity index (χ4v) is 5.16. The summed E-state index contributed by atoms with van der Waals surface area (Å²) >= 11 is 6.33. The highest BCUT2D eigenvalue weighted by molar-refractivity contribution is 6.30. The summed E-state index contributed by atoms with van der Waals surface area (Å²) in [7, 11) is 0. The van der Waals surface area contributed by atoms with E-state index in [1.54, 1.807) is 0 Å². The Morgan fingerprint density at radius 3 is 2.50 bits per heavy atom. The third-order valence-corrected chi connectivity index (χ3v) is 6.91. The van der Waals surface area contributed by atoms with Crippen LogP contribution in [0.25, 0.3) is 5.57 Å². The molecule has 1 amide bonds. The van der Waals surface area contributed by atoms with E-state index in [2.05, 4.69) is 30.3 Å².